The Hall–Kier alpha value is -1.22. The van der Waals surface area contributed by atoms with Crippen LogP contribution in [0.4, 0.5) is 0 Å². The zero-order valence-corrected chi connectivity index (χ0v) is 21.0. The number of amides is 2. The summed E-state index contributed by atoms with van der Waals surface area (Å²) in [6.07, 6.45) is 4.62. The molecule has 4 fully saturated rings. The maximum atomic E-state index is 12.1. The van der Waals surface area contributed by atoms with E-state index in [0.29, 0.717) is 26.1 Å². The van der Waals surface area contributed by atoms with Crippen LogP contribution in [0.5, 0.6) is 0 Å². The molecule has 4 heterocycles. The van der Waals surface area contributed by atoms with Crippen molar-refractivity contribution in [1.29, 1.82) is 0 Å². The minimum atomic E-state index is -0.364. The summed E-state index contributed by atoms with van der Waals surface area (Å²) >= 11 is 0. The highest BCUT2D eigenvalue weighted by Gasteiger charge is 2.48. The van der Waals surface area contributed by atoms with Gasteiger partial charge in [-0.3, -0.25) is 14.5 Å². The summed E-state index contributed by atoms with van der Waals surface area (Å²) in [7, 11) is 0. The second-order valence-electron chi connectivity index (χ2n) is 11.5. The van der Waals surface area contributed by atoms with Gasteiger partial charge in [-0.05, 0) is 54.6 Å². The monoisotopic (exact) mass is 452 g/mol. The summed E-state index contributed by atoms with van der Waals surface area (Å²) in [6.45, 7) is 17.9. The number of nitrogens with one attached hydrogen (secondary N) is 2. The molecule has 4 aliphatic rings. The first-order valence-electron chi connectivity index (χ1n) is 12.2. The lowest BCUT2D eigenvalue weighted by Gasteiger charge is -2.54. The molecular formula is C24H44N4O4. The van der Waals surface area contributed by atoms with Gasteiger partial charge in [-0.15, -0.1) is 0 Å². The molecule has 0 aromatic rings. The first kappa shape index (κ1) is 25.4. The van der Waals surface area contributed by atoms with Crippen LogP contribution in [0.25, 0.3) is 0 Å². The predicted octanol–water partition coefficient (Wildman–Crippen LogP) is 2.23. The van der Waals surface area contributed by atoms with Crippen LogP contribution < -0.4 is 10.6 Å². The van der Waals surface area contributed by atoms with E-state index in [-0.39, 0.29) is 34.3 Å². The van der Waals surface area contributed by atoms with Gasteiger partial charge >= 0.3 is 0 Å². The Morgan fingerprint density at radius 2 is 1.41 bits per heavy atom. The van der Waals surface area contributed by atoms with E-state index in [1.165, 1.54) is 0 Å². The van der Waals surface area contributed by atoms with Gasteiger partial charge in [0.2, 0.25) is 11.8 Å². The van der Waals surface area contributed by atoms with Crippen molar-refractivity contribution in [2.24, 2.45) is 0 Å². The van der Waals surface area contributed by atoms with Gasteiger partial charge in [0.1, 0.15) is 11.4 Å². The second-order valence-corrected chi connectivity index (χ2v) is 11.5. The SMILES string of the molecule is CC(C)(C)N1C(=O)CCOC12CCNCC2.CC(C)(C)N1CCC2(CC1)NC(=O)CCO2. The summed E-state index contributed by atoms with van der Waals surface area (Å²) in [6, 6.07) is 0. The maximum Gasteiger partial charge on any atom is 0.227 e. The van der Waals surface area contributed by atoms with Gasteiger partial charge in [0, 0.05) is 49.9 Å². The molecule has 0 aromatic carbocycles. The largest absolute Gasteiger partial charge is 0.355 e. The number of carbonyl (C=O) groups is 2. The standard InChI is InChI=1S/2C12H22N2O2/c1-11(2,3)14-7-5-12(6-8-14)13-10(15)4-9-16-12;1-11(2,3)14-10(15)4-9-16-12(14)5-7-13-8-6-12/h4-9H2,1-3H3,(H,13,15);13H,4-9H2,1-3H3. The lowest BCUT2D eigenvalue weighted by Crippen LogP contribution is -2.66. The van der Waals surface area contributed by atoms with E-state index in [4.69, 9.17) is 9.47 Å². The number of ether oxygens (including phenoxy) is 2. The molecule has 0 radical (unpaired) electrons. The van der Waals surface area contributed by atoms with E-state index >= 15 is 0 Å². The highest BCUT2D eigenvalue weighted by molar-refractivity contribution is 5.78. The van der Waals surface area contributed by atoms with E-state index < -0.39 is 0 Å². The van der Waals surface area contributed by atoms with Crippen molar-refractivity contribution in [3.05, 3.63) is 0 Å². The number of rotatable bonds is 0. The third-order valence-electron chi connectivity index (χ3n) is 6.99. The van der Waals surface area contributed by atoms with Crippen molar-refractivity contribution in [3.8, 4) is 0 Å². The third-order valence-corrected chi connectivity index (χ3v) is 6.99. The smallest absolute Gasteiger partial charge is 0.227 e. The molecule has 8 nitrogen and oxygen atoms in total. The van der Waals surface area contributed by atoms with E-state index in [1.807, 2.05) is 4.90 Å². The molecule has 4 saturated heterocycles. The molecule has 2 spiro atoms. The summed E-state index contributed by atoms with van der Waals surface area (Å²) in [5.41, 5.74) is -0.662. The Morgan fingerprint density at radius 1 is 0.812 bits per heavy atom. The summed E-state index contributed by atoms with van der Waals surface area (Å²) in [4.78, 5) is 28.0. The van der Waals surface area contributed by atoms with Gasteiger partial charge in [0.05, 0.1) is 26.1 Å². The number of hydrogen-bond donors (Lipinski definition) is 2. The van der Waals surface area contributed by atoms with E-state index in [1.54, 1.807) is 0 Å². The van der Waals surface area contributed by atoms with Crippen LogP contribution in [0, 0.1) is 0 Å². The normalized spacial score (nSPS) is 26.5. The molecule has 4 aliphatic heterocycles. The van der Waals surface area contributed by atoms with Crippen molar-refractivity contribution >= 4 is 11.8 Å². The maximum absolute atomic E-state index is 12.1. The molecule has 0 atom stereocenters. The number of hydrogen-bond acceptors (Lipinski definition) is 6. The van der Waals surface area contributed by atoms with Crippen molar-refractivity contribution in [2.75, 3.05) is 39.4 Å². The zero-order valence-electron chi connectivity index (χ0n) is 21.0. The average Bonchev–Trinajstić information content (AvgIpc) is 2.67. The second kappa shape index (κ2) is 9.57. The van der Waals surface area contributed by atoms with Crippen LogP contribution in [-0.2, 0) is 19.1 Å². The molecule has 2 amide bonds. The molecule has 184 valence electrons. The molecule has 8 heteroatoms. The summed E-state index contributed by atoms with van der Waals surface area (Å²) < 4.78 is 11.8. The topological polar surface area (TPSA) is 83.1 Å². The van der Waals surface area contributed by atoms with Crippen LogP contribution in [0.1, 0.15) is 80.1 Å². The highest BCUT2D eigenvalue weighted by Crippen LogP contribution is 2.37. The van der Waals surface area contributed by atoms with E-state index in [9.17, 15) is 9.59 Å². The molecule has 0 bridgehead atoms. The Labute approximate surface area is 193 Å². The molecule has 0 unspecified atom stereocenters. The van der Waals surface area contributed by atoms with Gasteiger partial charge < -0.3 is 25.0 Å². The molecular weight excluding hydrogens is 408 g/mol. The van der Waals surface area contributed by atoms with Gasteiger partial charge in [-0.2, -0.15) is 0 Å². The Bertz CT molecular complexity index is 663. The van der Waals surface area contributed by atoms with E-state index in [0.717, 1.165) is 51.9 Å². The van der Waals surface area contributed by atoms with Gasteiger partial charge in [0.15, 0.2) is 0 Å². The van der Waals surface area contributed by atoms with Crippen LogP contribution >= 0.6 is 0 Å². The minimum Gasteiger partial charge on any atom is -0.355 e. The molecule has 4 rings (SSSR count). The predicted molar refractivity (Wildman–Crippen MR) is 124 cm³/mol. The Balaban J connectivity index is 0.000000181. The Morgan fingerprint density at radius 3 is 1.94 bits per heavy atom. The van der Waals surface area contributed by atoms with E-state index in [2.05, 4.69) is 57.1 Å². The molecule has 0 aromatic heterocycles. The van der Waals surface area contributed by atoms with Gasteiger partial charge in [-0.25, -0.2) is 0 Å². The quantitative estimate of drug-likeness (QED) is 0.587. The molecule has 0 saturated carbocycles. The van der Waals surface area contributed by atoms with Crippen molar-refractivity contribution in [1.82, 2.24) is 20.4 Å². The number of likely N-dealkylation sites (tertiary alicyclic amines) is 1. The number of carbonyl (C=O) groups excluding carboxylic acids is 2. The van der Waals surface area contributed by atoms with Crippen molar-refractivity contribution < 1.29 is 19.1 Å². The van der Waals surface area contributed by atoms with Gasteiger partial charge in [-0.1, -0.05) is 0 Å². The van der Waals surface area contributed by atoms with Crippen molar-refractivity contribution in [3.63, 3.8) is 0 Å². The van der Waals surface area contributed by atoms with Crippen molar-refractivity contribution in [2.45, 2.75) is 103 Å². The molecule has 0 aliphatic carbocycles. The van der Waals surface area contributed by atoms with Crippen LogP contribution in [0.15, 0.2) is 0 Å². The third kappa shape index (κ3) is 5.82. The first-order valence-corrected chi connectivity index (χ1v) is 12.2. The minimum absolute atomic E-state index is 0.135. The highest BCUT2D eigenvalue weighted by atomic mass is 16.5. The Kier molecular flexibility index (Phi) is 7.59. The van der Waals surface area contributed by atoms with Crippen LogP contribution in [-0.4, -0.2) is 83.5 Å². The van der Waals surface area contributed by atoms with Crippen LogP contribution in [0.2, 0.25) is 0 Å². The fourth-order valence-electron chi connectivity index (χ4n) is 5.40. The zero-order chi connectivity index (χ0) is 23.6. The average molecular weight is 453 g/mol. The lowest BCUT2D eigenvalue weighted by atomic mass is 9.91. The fourth-order valence-corrected chi connectivity index (χ4v) is 5.40. The van der Waals surface area contributed by atoms with Gasteiger partial charge in [0.25, 0.3) is 0 Å². The summed E-state index contributed by atoms with van der Waals surface area (Å²) in [5.74, 6) is 0.371. The first-order chi connectivity index (χ1) is 14.9. The molecule has 32 heavy (non-hydrogen) atoms. The van der Waals surface area contributed by atoms with Crippen LogP contribution in [0.3, 0.4) is 0 Å². The lowest BCUT2D eigenvalue weighted by molar-refractivity contribution is -0.224. The summed E-state index contributed by atoms with van der Waals surface area (Å²) in [5, 5.41) is 6.34. The molecule has 2 N–H and O–H groups in total. The number of nitrogens with zero attached hydrogens (tertiary/aromatic N) is 2. The number of piperidine rings is 2. The fraction of sp³-hybridized carbons (Fsp3) is 0.917.